The molecule has 0 atom stereocenters. The van der Waals surface area contributed by atoms with Gasteiger partial charge in [-0.15, -0.1) is 0 Å². The summed E-state index contributed by atoms with van der Waals surface area (Å²) >= 11 is 10.8. The summed E-state index contributed by atoms with van der Waals surface area (Å²) in [4.78, 5) is 4.43. The van der Waals surface area contributed by atoms with Gasteiger partial charge in [0, 0.05) is 12.3 Å². The van der Waals surface area contributed by atoms with Crippen molar-refractivity contribution >= 4 is 34.6 Å². The van der Waals surface area contributed by atoms with E-state index in [0.717, 1.165) is 18.7 Å². The number of unbranched alkanes of at least 4 members (excludes halogenated alkanes) is 3. The van der Waals surface area contributed by atoms with Crippen molar-refractivity contribution in [2.24, 2.45) is 4.99 Å². The van der Waals surface area contributed by atoms with Crippen LogP contribution in [-0.2, 0) is 29.5 Å². The minimum Gasteiger partial charge on any atom is -0.281 e. The molecule has 0 unspecified atom stereocenters. The lowest BCUT2D eigenvalue weighted by Crippen LogP contribution is -2.09. The molecule has 0 aromatic heterocycles. The molecule has 1 heterocycles. The fourth-order valence-corrected chi connectivity index (χ4v) is 4.02. The van der Waals surface area contributed by atoms with Crippen LogP contribution in [0.3, 0.4) is 0 Å². The van der Waals surface area contributed by atoms with E-state index in [9.17, 15) is 0 Å². The van der Waals surface area contributed by atoms with Gasteiger partial charge < -0.3 is 0 Å². The predicted molar refractivity (Wildman–Crippen MR) is 68.0 cm³/mol. The summed E-state index contributed by atoms with van der Waals surface area (Å²) in [5.74, 6) is 0.973. The van der Waals surface area contributed by atoms with E-state index < -0.39 is 7.15 Å². The van der Waals surface area contributed by atoms with E-state index in [1.54, 1.807) is 0 Å². The van der Waals surface area contributed by atoms with Crippen LogP contribution in [-0.4, -0.2) is 17.3 Å². The molecule has 1 aliphatic rings. The standard InChI is InChI=1S/C9H17NS3/c1-2-3-4-5-6-9-10-7-8-13(9,11)12/h2-8H2,1H3. The van der Waals surface area contributed by atoms with Gasteiger partial charge in [0.05, 0.1) is 5.04 Å². The SMILES string of the molecule is CCCCCCC1=NCCS1(=S)=S. The number of hydrogen-bond donors (Lipinski definition) is 0. The average Bonchev–Trinajstić information content (AvgIpc) is 2.40. The lowest BCUT2D eigenvalue weighted by atomic mass is 10.2. The highest BCUT2D eigenvalue weighted by Gasteiger charge is 2.16. The number of hydrogen-bond acceptors (Lipinski definition) is 3. The summed E-state index contributed by atoms with van der Waals surface area (Å²) in [5, 5.41) is 1.19. The van der Waals surface area contributed by atoms with E-state index in [0.29, 0.717) is 0 Å². The first kappa shape index (κ1) is 11.5. The van der Waals surface area contributed by atoms with Crippen molar-refractivity contribution < 1.29 is 0 Å². The minimum atomic E-state index is -1.26. The summed E-state index contributed by atoms with van der Waals surface area (Å²) in [6, 6.07) is 0. The third-order valence-electron chi connectivity index (χ3n) is 2.25. The molecule has 76 valence electrons. The molecule has 0 spiro atoms. The lowest BCUT2D eigenvalue weighted by Gasteiger charge is -2.04. The third kappa shape index (κ3) is 3.60. The fraction of sp³-hybridized carbons (Fsp3) is 0.889. The molecule has 0 bridgehead atoms. The quantitative estimate of drug-likeness (QED) is 0.679. The van der Waals surface area contributed by atoms with Gasteiger partial charge in [-0.3, -0.25) is 4.99 Å². The van der Waals surface area contributed by atoms with Crippen molar-refractivity contribution in [1.82, 2.24) is 0 Å². The van der Waals surface area contributed by atoms with E-state index in [4.69, 9.17) is 22.4 Å². The monoisotopic (exact) mass is 235 g/mol. The molecule has 0 saturated carbocycles. The summed E-state index contributed by atoms with van der Waals surface area (Å²) in [6.07, 6.45) is 6.21. The van der Waals surface area contributed by atoms with E-state index in [1.165, 1.54) is 30.7 Å². The molecule has 0 N–H and O–H groups in total. The second-order valence-corrected chi connectivity index (χ2v) is 9.56. The predicted octanol–water partition coefficient (Wildman–Crippen LogP) is 2.45. The molecule has 1 rings (SSSR count). The first-order valence-electron chi connectivity index (χ1n) is 4.93. The van der Waals surface area contributed by atoms with Gasteiger partial charge in [0.1, 0.15) is 0 Å². The molecule has 1 aliphatic heterocycles. The van der Waals surface area contributed by atoms with Crippen LogP contribution in [0.5, 0.6) is 0 Å². The van der Waals surface area contributed by atoms with E-state index in [2.05, 4.69) is 11.9 Å². The van der Waals surface area contributed by atoms with E-state index >= 15 is 0 Å². The van der Waals surface area contributed by atoms with Gasteiger partial charge in [-0.2, -0.15) is 0 Å². The highest BCUT2D eigenvalue weighted by Crippen LogP contribution is 2.13. The maximum Gasteiger partial charge on any atom is 0.0758 e. The molecule has 0 fully saturated rings. The average molecular weight is 235 g/mol. The van der Waals surface area contributed by atoms with Crippen LogP contribution in [0.15, 0.2) is 4.99 Å². The van der Waals surface area contributed by atoms with Gasteiger partial charge in [-0.05, 0) is 42.4 Å². The van der Waals surface area contributed by atoms with Crippen molar-refractivity contribution in [2.75, 3.05) is 12.3 Å². The summed E-state index contributed by atoms with van der Waals surface area (Å²) in [7, 11) is -1.26. The number of aliphatic imine (C=N–C) groups is 1. The molecule has 0 amide bonds. The van der Waals surface area contributed by atoms with Gasteiger partial charge in [0.2, 0.25) is 0 Å². The van der Waals surface area contributed by atoms with Gasteiger partial charge >= 0.3 is 0 Å². The van der Waals surface area contributed by atoms with E-state index in [-0.39, 0.29) is 0 Å². The van der Waals surface area contributed by atoms with Crippen LogP contribution in [0.25, 0.3) is 0 Å². The molecule has 0 radical (unpaired) electrons. The van der Waals surface area contributed by atoms with Gasteiger partial charge in [0.25, 0.3) is 0 Å². The molecule has 13 heavy (non-hydrogen) atoms. The van der Waals surface area contributed by atoms with Crippen LogP contribution >= 0.6 is 0 Å². The first-order valence-corrected chi connectivity index (χ1v) is 8.58. The number of rotatable bonds is 5. The van der Waals surface area contributed by atoms with Crippen molar-refractivity contribution in [1.29, 1.82) is 0 Å². The smallest absolute Gasteiger partial charge is 0.0758 e. The normalized spacial score (nSPS) is 20.2. The highest BCUT2D eigenvalue weighted by molar-refractivity contribution is 8.63. The summed E-state index contributed by atoms with van der Waals surface area (Å²) < 4.78 is 0. The molecule has 4 heteroatoms. The Balaban J connectivity index is 2.30. The highest BCUT2D eigenvalue weighted by atomic mass is 33.1. The molecule has 1 nitrogen and oxygen atoms in total. The largest absolute Gasteiger partial charge is 0.281 e. The zero-order chi connectivity index (χ0) is 9.73. The van der Waals surface area contributed by atoms with Crippen LogP contribution in [0, 0.1) is 0 Å². The zero-order valence-corrected chi connectivity index (χ0v) is 10.6. The van der Waals surface area contributed by atoms with Gasteiger partial charge in [0.15, 0.2) is 0 Å². The Morgan fingerprint density at radius 3 is 2.62 bits per heavy atom. The third-order valence-corrected chi connectivity index (χ3v) is 6.18. The van der Waals surface area contributed by atoms with Gasteiger partial charge in [-0.25, -0.2) is 0 Å². The maximum atomic E-state index is 5.38. The number of nitrogens with zero attached hydrogens (tertiary/aromatic N) is 1. The molecule has 0 saturated heterocycles. The van der Waals surface area contributed by atoms with Gasteiger partial charge in [-0.1, -0.05) is 26.2 Å². The Hall–Kier alpha value is 0.460. The van der Waals surface area contributed by atoms with Crippen molar-refractivity contribution in [3.8, 4) is 0 Å². The second kappa shape index (κ2) is 5.37. The Labute approximate surface area is 90.8 Å². The molecular formula is C9H17NS3. The maximum absolute atomic E-state index is 5.38. The van der Waals surface area contributed by atoms with Crippen molar-refractivity contribution in [2.45, 2.75) is 39.0 Å². The Bertz CT molecular complexity index is 277. The lowest BCUT2D eigenvalue weighted by molar-refractivity contribution is 0.684. The van der Waals surface area contributed by atoms with Crippen molar-refractivity contribution in [3.05, 3.63) is 0 Å². The van der Waals surface area contributed by atoms with Crippen LogP contribution in [0.4, 0.5) is 0 Å². The molecule has 0 aromatic rings. The molecular weight excluding hydrogens is 218 g/mol. The fourth-order valence-electron chi connectivity index (χ4n) is 1.44. The summed E-state index contributed by atoms with van der Waals surface area (Å²) in [5.41, 5.74) is 0. The second-order valence-electron chi connectivity index (χ2n) is 3.40. The molecule has 0 aromatic carbocycles. The molecule has 0 aliphatic carbocycles. The Morgan fingerprint density at radius 2 is 2.08 bits per heavy atom. The minimum absolute atomic E-state index is 0.894. The van der Waals surface area contributed by atoms with Crippen LogP contribution in [0.1, 0.15) is 39.0 Å². The Kier molecular flexibility index (Phi) is 4.76. The van der Waals surface area contributed by atoms with E-state index in [1.807, 2.05) is 0 Å². The van der Waals surface area contributed by atoms with Crippen LogP contribution in [0.2, 0.25) is 0 Å². The van der Waals surface area contributed by atoms with Crippen molar-refractivity contribution in [3.63, 3.8) is 0 Å². The first-order chi connectivity index (χ1) is 6.17. The zero-order valence-electron chi connectivity index (χ0n) is 8.12. The topological polar surface area (TPSA) is 12.4 Å². The Morgan fingerprint density at radius 1 is 1.31 bits per heavy atom. The summed E-state index contributed by atoms with van der Waals surface area (Å²) in [6.45, 7) is 3.12. The van der Waals surface area contributed by atoms with Crippen LogP contribution < -0.4 is 0 Å².